The van der Waals surface area contributed by atoms with Gasteiger partial charge in [0.05, 0.1) is 17.6 Å². The van der Waals surface area contributed by atoms with Crippen molar-refractivity contribution in [3.05, 3.63) is 71.7 Å². The molecule has 0 aliphatic carbocycles. The first-order valence-electron chi connectivity index (χ1n) is 10.3. The maximum absolute atomic E-state index is 13.9. The summed E-state index contributed by atoms with van der Waals surface area (Å²) in [5.41, 5.74) is 1.81. The number of benzene rings is 2. The summed E-state index contributed by atoms with van der Waals surface area (Å²) in [6, 6.07) is 11.7. The van der Waals surface area contributed by atoms with E-state index in [9.17, 15) is 13.2 Å². The van der Waals surface area contributed by atoms with Gasteiger partial charge < -0.3 is 14.0 Å². The van der Waals surface area contributed by atoms with Crippen LogP contribution in [0.15, 0.2) is 64.3 Å². The van der Waals surface area contributed by atoms with Gasteiger partial charge in [0.2, 0.25) is 0 Å². The minimum absolute atomic E-state index is 0.0196. The van der Waals surface area contributed by atoms with Crippen molar-refractivity contribution in [1.29, 1.82) is 0 Å². The van der Waals surface area contributed by atoms with Crippen LogP contribution in [0.2, 0.25) is 0 Å². The zero-order chi connectivity index (χ0) is 24.5. The van der Waals surface area contributed by atoms with Crippen molar-refractivity contribution < 1.29 is 27.2 Å². The van der Waals surface area contributed by atoms with Crippen LogP contribution < -0.4 is 4.31 Å². The van der Waals surface area contributed by atoms with Crippen LogP contribution in [-0.2, 0) is 19.5 Å². The molecule has 0 radical (unpaired) electrons. The van der Waals surface area contributed by atoms with Gasteiger partial charge in [-0.05, 0) is 49.1 Å². The molecule has 2 heterocycles. The third-order valence-corrected chi connectivity index (χ3v) is 7.31. The third-order valence-electron chi connectivity index (χ3n) is 5.54. The van der Waals surface area contributed by atoms with Crippen molar-refractivity contribution in [3.63, 3.8) is 0 Å². The summed E-state index contributed by atoms with van der Waals surface area (Å²) in [5.74, 6) is 0.115. The Morgan fingerprint density at radius 2 is 1.88 bits per heavy atom. The fraction of sp³-hybridized carbons (Fsp3) is 0.208. The molecule has 176 valence electrons. The van der Waals surface area contributed by atoms with Crippen LogP contribution in [-0.4, -0.2) is 45.5 Å². The molecule has 0 aliphatic heterocycles. The van der Waals surface area contributed by atoms with Gasteiger partial charge in [0.15, 0.2) is 5.82 Å². The zero-order valence-corrected chi connectivity index (χ0v) is 19.9. The molecule has 0 fully saturated rings. The number of fused-ring (bicyclic) bond motifs is 1. The first kappa shape index (κ1) is 23.4. The van der Waals surface area contributed by atoms with E-state index in [0.29, 0.717) is 38.8 Å². The lowest BCUT2D eigenvalue weighted by Gasteiger charge is -2.23. The van der Waals surface area contributed by atoms with E-state index in [0.717, 1.165) is 4.31 Å². The Kier molecular flexibility index (Phi) is 6.36. The number of methoxy groups -OCH3 is 2. The summed E-state index contributed by atoms with van der Waals surface area (Å²) in [6.45, 7) is 3.16. The van der Waals surface area contributed by atoms with E-state index in [1.54, 1.807) is 62.6 Å². The molecule has 4 aromatic rings. The van der Waals surface area contributed by atoms with Crippen molar-refractivity contribution in [2.45, 2.75) is 18.7 Å². The van der Waals surface area contributed by atoms with Crippen LogP contribution in [0.4, 0.5) is 5.82 Å². The second-order valence-corrected chi connectivity index (χ2v) is 9.40. The molecule has 0 atom stereocenters. The highest BCUT2D eigenvalue weighted by Crippen LogP contribution is 2.35. The number of ether oxygens (including phenoxy) is 2. The molecule has 0 unspecified atom stereocenters. The standard InChI is InChI=1S/C24H23N3O6S/c1-15-16(2)33-26-23(15)27(14-31-3)34(29,30)22-8-6-5-7-20(22)17-11-18-13-25-10-9-19(18)21(12-17)24(28)32-4/h5-13H,14H2,1-4H3. The van der Waals surface area contributed by atoms with E-state index in [1.807, 2.05) is 0 Å². The number of carbonyl (C=O) groups is 1. The SMILES string of the molecule is COCN(c1noc(C)c1C)S(=O)(=O)c1ccccc1-c1cc(C(=O)OC)c2ccncc2c1. The molecule has 9 nitrogen and oxygen atoms in total. The number of nitrogens with zero attached hydrogens (tertiary/aromatic N) is 3. The van der Waals surface area contributed by atoms with Crippen LogP contribution in [0.1, 0.15) is 21.7 Å². The Morgan fingerprint density at radius 3 is 2.56 bits per heavy atom. The lowest BCUT2D eigenvalue weighted by Crippen LogP contribution is -2.34. The Bertz CT molecular complexity index is 1480. The second-order valence-electron chi connectivity index (χ2n) is 7.57. The molecule has 0 bridgehead atoms. The molecule has 34 heavy (non-hydrogen) atoms. The molecule has 2 aromatic heterocycles. The average Bonchev–Trinajstić information content (AvgIpc) is 3.18. The van der Waals surface area contributed by atoms with E-state index in [1.165, 1.54) is 20.3 Å². The van der Waals surface area contributed by atoms with Crippen LogP contribution in [0.5, 0.6) is 0 Å². The van der Waals surface area contributed by atoms with Crippen LogP contribution in [0.3, 0.4) is 0 Å². The average molecular weight is 482 g/mol. The predicted molar refractivity (Wildman–Crippen MR) is 126 cm³/mol. The first-order valence-corrected chi connectivity index (χ1v) is 11.7. The number of hydrogen-bond acceptors (Lipinski definition) is 8. The molecule has 0 saturated carbocycles. The maximum Gasteiger partial charge on any atom is 0.338 e. The van der Waals surface area contributed by atoms with Crippen molar-refractivity contribution in [1.82, 2.24) is 10.1 Å². The number of sulfonamides is 1. The zero-order valence-electron chi connectivity index (χ0n) is 19.1. The fourth-order valence-corrected chi connectivity index (χ4v) is 5.29. The summed E-state index contributed by atoms with van der Waals surface area (Å²) >= 11 is 0. The highest BCUT2D eigenvalue weighted by Gasteiger charge is 2.32. The summed E-state index contributed by atoms with van der Waals surface area (Å²) in [7, 11) is -1.45. The number of rotatable bonds is 7. The quantitative estimate of drug-likeness (QED) is 0.287. The fourth-order valence-electron chi connectivity index (χ4n) is 3.69. The summed E-state index contributed by atoms with van der Waals surface area (Å²) in [6.07, 6.45) is 3.19. The largest absolute Gasteiger partial charge is 0.465 e. The maximum atomic E-state index is 13.9. The summed E-state index contributed by atoms with van der Waals surface area (Å²) < 4.78 is 44.2. The number of hydrogen-bond donors (Lipinski definition) is 0. The van der Waals surface area contributed by atoms with Gasteiger partial charge in [0.25, 0.3) is 10.0 Å². The van der Waals surface area contributed by atoms with Gasteiger partial charge in [0.1, 0.15) is 12.5 Å². The molecular weight excluding hydrogens is 458 g/mol. The summed E-state index contributed by atoms with van der Waals surface area (Å²) in [4.78, 5) is 16.7. The van der Waals surface area contributed by atoms with Gasteiger partial charge in [-0.2, -0.15) is 0 Å². The van der Waals surface area contributed by atoms with Gasteiger partial charge in [-0.3, -0.25) is 4.98 Å². The van der Waals surface area contributed by atoms with E-state index >= 15 is 0 Å². The second kappa shape index (κ2) is 9.24. The smallest absolute Gasteiger partial charge is 0.338 e. The molecule has 4 rings (SSSR count). The van der Waals surface area contributed by atoms with E-state index < -0.39 is 16.0 Å². The molecule has 0 amide bonds. The number of aryl methyl sites for hydroxylation is 1. The minimum atomic E-state index is -4.14. The van der Waals surface area contributed by atoms with E-state index in [4.69, 9.17) is 14.0 Å². The number of aromatic nitrogens is 2. The van der Waals surface area contributed by atoms with E-state index in [2.05, 4.69) is 10.1 Å². The van der Waals surface area contributed by atoms with Crippen LogP contribution in [0, 0.1) is 13.8 Å². The van der Waals surface area contributed by atoms with Crippen molar-refractivity contribution >= 4 is 32.6 Å². The Labute approximate surface area is 197 Å². The lowest BCUT2D eigenvalue weighted by molar-refractivity contribution is 0.0603. The normalized spacial score (nSPS) is 11.5. The first-order chi connectivity index (χ1) is 16.3. The Balaban J connectivity index is 1.94. The number of esters is 1. The molecule has 10 heteroatoms. The lowest BCUT2D eigenvalue weighted by atomic mass is 9.98. The number of carbonyl (C=O) groups excluding carboxylic acids is 1. The molecule has 2 aromatic carbocycles. The van der Waals surface area contributed by atoms with Gasteiger partial charge in [-0.1, -0.05) is 23.4 Å². The molecule has 0 saturated heterocycles. The van der Waals surface area contributed by atoms with Gasteiger partial charge >= 0.3 is 5.97 Å². The highest BCUT2D eigenvalue weighted by molar-refractivity contribution is 7.93. The third kappa shape index (κ3) is 4.02. The van der Waals surface area contributed by atoms with Gasteiger partial charge in [-0.15, -0.1) is 0 Å². The predicted octanol–water partition coefficient (Wildman–Crippen LogP) is 4.09. The van der Waals surface area contributed by atoms with Crippen LogP contribution >= 0.6 is 0 Å². The molecule has 0 spiro atoms. The number of pyridine rings is 1. The van der Waals surface area contributed by atoms with Crippen molar-refractivity contribution in [2.75, 3.05) is 25.3 Å². The summed E-state index contributed by atoms with van der Waals surface area (Å²) in [5, 5.41) is 5.26. The number of anilines is 1. The Morgan fingerprint density at radius 1 is 1.12 bits per heavy atom. The van der Waals surface area contributed by atoms with Crippen molar-refractivity contribution in [2.24, 2.45) is 0 Å². The van der Waals surface area contributed by atoms with Crippen LogP contribution in [0.25, 0.3) is 21.9 Å². The molecule has 0 aliphatic rings. The molecule has 0 N–H and O–H groups in total. The molecular formula is C24H23N3O6S. The van der Waals surface area contributed by atoms with E-state index in [-0.39, 0.29) is 17.4 Å². The minimum Gasteiger partial charge on any atom is -0.465 e. The van der Waals surface area contributed by atoms with Gasteiger partial charge in [-0.25, -0.2) is 17.5 Å². The Hall–Kier alpha value is -3.76. The topological polar surface area (TPSA) is 112 Å². The highest BCUT2D eigenvalue weighted by atomic mass is 32.2. The van der Waals surface area contributed by atoms with Gasteiger partial charge in [0, 0.05) is 36.0 Å². The van der Waals surface area contributed by atoms with Crippen molar-refractivity contribution in [3.8, 4) is 11.1 Å². The monoisotopic (exact) mass is 481 g/mol.